The maximum atomic E-state index is 11.8. The number of unbranched alkanes of at least 4 members (excludes halogenated alkanes) is 1. The van der Waals surface area contributed by atoms with Gasteiger partial charge >= 0.3 is 5.97 Å². The van der Waals surface area contributed by atoms with Crippen LogP contribution < -0.4 is 11.1 Å². The minimum Gasteiger partial charge on any atom is -0.459 e. The zero-order chi connectivity index (χ0) is 19.6. The van der Waals surface area contributed by atoms with Crippen LogP contribution >= 0.6 is 0 Å². The summed E-state index contributed by atoms with van der Waals surface area (Å²) in [5.41, 5.74) is 7.83. The second-order valence-electron chi connectivity index (χ2n) is 7.82. The number of hydrogen-bond donors (Lipinski definition) is 2. The summed E-state index contributed by atoms with van der Waals surface area (Å²) in [5.74, 6) is -0.286. The minimum atomic E-state index is -0.598. The lowest BCUT2D eigenvalue weighted by Gasteiger charge is -2.22. The molecule has 1 aromatic carbocycles. The molecular weight excluding hydrogens is 328 g/mol. The average Bonchev–Trinajstić information content (AvgIpc) is 2.54. The lowest BCUT2D eigenvalue weighted by Crippen LogP contribution is -2.37. The molecule has 0 saturated heterocycles. The topological polar surface area (TPSA) is 81.4 Å². The fraction of sp³-hybridized carbons (Fsp3) is 0.619. The van der Waals surface area contributed by atoms with Crippen LogP contribution in [0.15, 0.2) is 24.3 Å². The number of nitrogens with one attached hydrogen (secondary N) is 1. The number of carbonyl (C=O) groups is 2. The molecule has 5 heteroatoms. The van der Waals surface area contributed by atoms with Gasteiger partial charge in [-0.05, 0) is 65.4 Å². The molecule has 0 aliphatic carbocycles. The molecule has 3 N–H and O–H groups in total. The van der Waals surface area contributed by atoms with Crippen LogP contribution in [-0.4, -0.2) is 30.1 Å². The van der Waals surface area contributed by atoms with E-state index < -0.39 is 11.6 Å². The third-order valence-electron chi connectivity index (χ3n) is 3.96. The van der Waals surface area contributed by atoms with E-state index in [-0.39, 0.29) is 11.9 Å². The number of amides is 1. The summed E-state index contributed by atoms with van der Waals surface area (Å²) >= 11 is 0. The van der Waals surface area contributed by atoms with Gasteiger partial charge in [-0.3, -0.25) is 9.59 Å². The Hall–Kier alpha value is -1.88. The molecule has 0 fully saturated rings. The molecule has 1 aromatic rings. The molecule has 0 saturated carbocycles. The van der Waals surface area contributed by atoms with Crippen molar-refractivity contribution in [2.75, 3.05) is 6.54 Å². The summed E-state index contributed by atoms with van der Waals surface area (Å²) in [6.07, 6.45) is 4.45. The summed E-state index contributed by atoms with van der Waals surface area (Å²) in [6, 6.07) is 7.82. The molecule has 5 nitrogen and oxygen atoms in total. The van der Waals surface area contributed by atoms with Gasteiger partial charge in [-0.2, -0.15) is 0 Å². The summed E-state index contributed by atoms with van der Waals surface area (Å²) in [7, 11) is 0. The molecule has 0 aliphatic heterocycles. The maximum Gasteiger partial charge on any atom is 0.323 e. The smallest absolute Gasteiger partial charge is 0.323 e. The molecule has 146 valence electrons. The Bertz CT molecular complexity index is 562. The minimum absolute atomic E-state index is 0.0774. The van der Waals surface area contributed by atoms with Crippen molar-refractivity contribution in [3.63, 3.8) is 0 Å². The number of aryl methyl sites for hydroxylation is 2. The number of carbonyl (C=O) groups excluding carboxylic acids is 2. The first-order valence-electron chi connectivity index (χ1n) is 9.48. The van der Waals surface area contributed by atoms with E-state index in [2.05, 4.69) is 36.5 Å². The fourth-order valence-corrected chi connectivity index (χ4v) is 2.51. The van der Waals surface area contributed by atoms with Crippen molar-refractivity contribution < 1.29 is 14.3 Å². The van der Waals surface area contributed by atoms with Gasteiger partial charge < -0.3 is 15.8 Å². The SMILES string of the molecule is Cc1ccc(CCCC(=O)NCCCCC(N)C(=O)OC(C)(C)C)cc1. The van der Waals surface area contributed by atoms with Crippen molar-refractivity contribution >= 4 is 11.9 Å². The van der Waals surface area contributed by atoms with Gasteiger partial charge in [0.1, 0.15) is 11.6 Å². The Morgan fingerprint density at radius 2 is 1.77 bits per heavy atom. The molecular formula is C21H34N2O3. The molecule has 0 radical (unpaired) electrons. The van der Waals surface area contributed by atoms with Gasteiger partial charge in [0.25, 0.3) is 0 Å². The molecule has 1 rings (SSSR count). The highest BCUT2D eigenvalue weighted by Crippen LogP contribution is 2.10. The Balaban J connectivity index is 2.07. The highest BCUT2D eigenvalue weighted by atomic mass is 16.6. The van der Waals surface area contributed by atoms with Crippen molar-refractivity contribution in [3.8, 4) is 0 Å². The van der Waals surface area contributed by atoms with E-state index in [0.717, 1.165) is 25.7 Å². The largest absolute Gasteiger partial charge is 0.459 e. The van der Waals surface area contributed by atoms with E-state index in [1.54, 1.807) is 0 Å². The van der Waals surface area contributed by atoms with Crippen molar-refractivity contribution in [3.05, 3.63) is 35.4 Å². The van der Waals surface area contributed by atoms with Gasteiger partial charge in [0.15, 0.2) is 0 Å². The van der Waals surface area contributed by atoms with E-state index in [1.165, 1.54) is 11.1 Å². The number of esters is 1. The maximum absolute atomic E-state index is 11.8. The van der Waals surface area contributed by atoms with Gasteiger partial charge in [0.2, 0.25) is 5.91 Å². The molecule has 0 spiro atoms. The van der Waals surface area contributed by atoms with Crippen LogP contribution in [0.5, 0.6) is 0 Å². The molecule has 0 bridgehead atoms. The molecule has 26 heavy (non-hydrogen) atoms. The first kappa shape index (κ1) is 22.2. The van der Waals surface area contributed by atoms with Crippen molar-refractivity contribution in [1.29, 1.82) is 0 Å². The Morgan fingerprint density at radius 1 is 1.12 bits per heavy atom. The summed E-state index contributed by atoms with van der Waals surface area (Å²) in [5, 5.41) is 2.92. The van der Waals surface area contributed by atoms with Crippen LogP contribution in [0.1, 0.15) is 64.0 Å². The number of rotatable bonds is 10. The normalized spacial score (nSPS) is 12.5. The van der Waals surface area contributed by atoms with Crippen LogP contribution in [0, 0.1) is 6.92 Å². The van der Waals surface area contributed by atoms with Crippen LogP contribution in [-0.2, 0) is 20.7 Å². The highest BCUT2D eigenvalue weighted by molar-refractivity contribution is 5.76. The van der Waals surface area contributed by atoms with Gasteiger partial charge in [-0.15, -0.1) is 0 Å². The van der Waals surface area contributed by atoms with Crippen LogP contribution in [0.3, 0.4) is 0 Å². The predicted octanol–water partition coefficient (Wildman–Crippen LogP) is 3.27. The van der Waals surface area contributed by atoms with E-state index in [0.29, 0.717) is 19.4 Å². The summed E-state index contributed by atoms with van der Waals surface area (Å²) in [6.45, 7) is 8.16. The second kappa shape index (κ2) is 11.0. The van der Waals surface area contributed by atoms with E-state index in [4.69, 9.17) is 10.5 Å². The predicted molar refractivity (Wildman–Crippen MR) is 105 cm³/mol. The quantitative estimate of drug-likeness (QED) is 0.494. The lowest BCUT2D eigenvalue weighted by molar-refractivity contribution is -0.156. The van der Waals surface area contributed by atoms with Crippen LogP contribution in [0.4, 0.5) is 0 Å². The first-order chi connectivity index (χ1) is 12.2. The van der Waals surface area contributed by atoms with Gasteiger partial charge in [0, 0.05) is 13.0 Å². The number of ether oxygens (including phenoxy) is 1. The fourth-order valence-electron chi connectivity index (χ4n) is 2.51. The Labute approximate surface area is 157 Å². The Kier molecular flexibility index (Phi) is 9.35. The average molecular weight is 363 g/mol. The lowest BCUT2D eigenvalue weighted by atomic mass is 10.1. The van der Waals surface area contributed by atoms with Crippen molar-refractivity contribution in [1.82, 2.24) is 5.32 Å². The molecule has 0 aromatic heterocycles. The zero-order valence-electron chi connectivity index (χ0n) is 16.6. The third kappa shape index (κ3) is 10.2. The Morgan fingerprint density at radius 3 is 2.38 bits per heavy atom. The second-order valence-corrected chi connectivity index (χ2v) is 7.82. The van der Waals surface area contributed by atoms with E-state index in [1.807, 2.05) is 20.8 Å². The highest BCUT2D eigenvalue weighted by Gasteiger charge is 2.21. The number of hydrogen-bond acceptors (Lipinski definition) is 4. The van der Waals surface area contributed by atoms with Crippen LogP contribution in [0.25, 0.3) is 0 Å². The third-order valence-corrected chi connectivity index (χ3v) is 3.96. The monoisotopic (exact) mass is 362 g/mol. The van der Waals surface area contributed by atoms with Gasteiger partial charge in [0.05, 0.1) is 0 Å². The van der Waals surface area contributed by atoms with Gasteiger partial charge in [-0.1, -0.05) is 29.8 Å². The molecule has 1 atom stereocenters. The van der Waals surface area contributed by atoms with Gasteiger partial charge in [-0.25, -0.2) is 0 Å². The van der Waals surface area contributed by atoms with Crippen LogP contribution in [0.2, 0.25) is 0 Å². The zero-order valence-corrected chi connectivity index (χ0v) is 16.6. The van der Waals surface area contributed by atoms with E-state index >= 15 is 0 Å². The summed E-state index contributed by atoms with van der Waals surface area (Å²) in [4.78, 5) is 23.6. The molecule has 1 amide bonds. The van der Waals surface area contributed by atoms with Crippen molar-refractivity contribution in [2.45, 2.75) is 77.9 Å². The summed E-state index contributed by atoms with van der Waals surface area (Å²) < 4.78 is 5.25. The number of benzene rings is 1. The molecule has 0 heterocycles. The number of nitrogens with two attached hydrogens (primary N) is 1. The van der Waals surface area contributed by atoms with E-state index in [9.17, 15) is 9.59 Å². The standard InChI is InChI=1S/C21H34N2O3/c1-16-11-13-17(14-12-16)8-7-10-19(24)23-15-6-5-9-18(22)20(25)26-21(2,3)4/h11-14,18H,5-10,15,22H2,1-4H3,(H,23,24). The molecule has 0 aliphatic rings. The van der Waals surface area contributed by atoms with Crippen molar-refractivity contribution in [2.24, 2.45) is 5.73 Å². The molecule has 1 unspecified atom stereocenters. The first-order valence-corrected chi connectivity index (χ1v) is 9.48.